The van der Waals surface area contributed by atoms with E-state index in [1.54, 1.807) is 36.6 Å². The molecule has 0 fully saturated rings. The third kappa shape index (κ3) is 2.90. The van der Waals surface area contributed by atoms with Crippen LogP contribution >= 0.6 is 11.3 Å². The van der Waals surface area contributed by atoms with Crippen molar-refractivity contribution in [3.63, 3.8) is 0 Å². The first kappa shape index (κ1) is 15.4. The van der Waals surface area contributed by atoms with Gasteiger partial charge in [-0.15, -0.1) is 11.3 Å². The molecule has 0 unspecified atom stereocenters. The Labute approximate surface area is 137 Å². The molecule has 0 aliphatic heterocycles. The maximum atomic E-state index is 12.4. The summed E-state index contributed by atoms with van der Waals surface area (Å²) in [6, 6.07) is 7.09. The fraction of sp³-hybridized carbons (Fsp3) is 0.235. The van der Waals surface area contributed by atoms with E-state index in [4.69, 9.17) is 9.47 Å². The minimum Gasteiger partial charge on any atom is -0.496 e. The second kappa shape index (κ2) is 6.34. The molecule has 3 rings (SSSR count). The number of aromatic nitrogens is 2. The summed E-state index contributed by atoms with van der Waals surface area (Å²) in [5.41, 5.74) is 1.59. The number of methoxy groups -OCH3 is 1. The molecule has 0 saturated heterocycles. The number of ketones is 1. The van der Waals surface area contributed by atoms with Crippen molar-refractivity contribution in [3.05, 3.63) is 46.6 Å². The zero-order valence-electron chi connectivity index (χ0n) is 13.1. The summed E-state index contributed by atoms with van der Waals surface area (Å²) >= 11 is 1.59. The largest absolute Gasteiger partial charge is 0.496 e. The number of aryl methyl sites for hydroxylation is 2. The van der Waals surface area contributed by atoms with E-state index in [1.807, 2.05) is 19.9 Å². The van der Waals surface area contributed by atoms with Gasteiger partial charge in [-0.3, -0.25) is 4.79 Å². The van der Waals surface area contributed by atoms with Gasteiger partial charge in [0.1, 0.15) is 16.9 Å². The Hall–Kier alpha value is -2.47. The Bertz CT molecular complexity index is 873. The minimum atomic E-state index is -0.154. The van der Waals surface area contributed by atoms with Gasteiger partial charge in [0, 0.05) is 4.88 Å². The SMILES string of the molecule is COc1ccccc1C(=O)COc1ncnc2sc(C)c(C)c12. The maximum absolute atomic E-state index is 12.4. The smallest absolute Gasteiger partial charge is 0.226 e. The highest BCUT2D eigenvalue weighted by molar-refractivity contribution is 7.18. The number of carbonyl (C=O) groups is 1. The topological polar surface area (TPSA) is 61.3 Å². The van der Waals surface area contributed by atoms with Crippen LogP contribution in [-0.2, 0) is 0 Å². The highest BCUT2D eigenvalue weighted by Crippen LogP contribution is 2.33. The predicted molar refractivity (Wildman–Crippen MR) is 89.7 cm³/mol. The third-order valence-corrected chi connectivity index (χ3v) is 4.79. The molecule has 23 heavy (non-hydrogen) atoms. The minimum absolute atomic E-state index is 0.0964. The highest BCUT2D eigenvalue weighted by Gasteiger charge is 2.16. The maximum Gasteiger partial charge on any atom is 0.226 e. The van der Waals surface area contributed by atoms with E-state index >= 15 is 0 Å². The number of hydrogen-bond acceptors (Lipinski definition) is 6. The molecule has 6 heteroatoms. The quantitative estimate of drug-likeness (QED) is 0.670. The van der Waals surface area contributed by atoms with Gasteiger partial charge < -0.3 is 9.47 Å². The summed E-state index contributed by atoms with van der Waals surface area (Å²) in [6.45, 7) is 3.94. The molecule has 2 heterocycles. The van der Waals surface area contributed by atoms with Crippen LogP contribution in [0.1, 0.15) is 20.8 Å². The lowest BCUT2D eigenvalue weighted by Crippen LogP contribution is -2.13. The fourth-order valence-corrected chi connectivity index (χ4v) is 3.33. The van der Waals surface area contributed by atoms with E-state index in [9.17, 15) is 4.79 Å². The van der Waals surface area contributed by atoms with E-state index < -0.39 is 0 Å². The van der Waals surface area contributed by atoms with Gasteiger partial charge in [-0.25, -0.2) is 9.97 Å². The molecule has 5 nitrogen and oxygen atoms in total. The number of carbonyl (C=O) groups excluding carboxylic acids is 1. The monoisotopic (exact) mass is 328 g/mol. The van der Waals surface area contributed by atoms with Crippen LogP contribution in [0.5, 0.6) is 11.6 Å². The first-order valence-electron chi connectivity index (χ1n) is 7.11. The zero-order valence-corrected chi connectivity index (χ0v) is 13.9. The lowest BCUT2D eigenvalue weighted by Gasteiger charge is -2.09. The van der Waals surface area contributed by atoms with Crippen LogP contribution in [0.25, 0.3) is 10.2 Å². The molecule has 0 aliphatic carbocycles. The van der Waals surface area contributed by atoms with Crippen molar-refractivity contribution < 1.29 is 14.3 Å². The number of hydrogen-bond donors (Lipinski definition) is 0. The van der Waals surface area contributed by atoms with Gasteiger partial charge in [-0.2, -0.15) is 0 Å². The van der Waals surface area contributed by atoms with Gasteiger partial charge >= 0.3 is 0 Å². The number of ether oxygens (including phenoxy) is 2. The molecule has 0 atom stereocenters. The Morgan fingerprint density at radius 2 is 2.00 bits per heavy atom. The van der Waals surface area contributed by atoms with Crippen LogP contribution in [0.2, 0.25) is 0 Å². The van der Waals surface area contributed by atoms with Gasteiger partial charge in [0.25, 0.3) is 0 Å². The number of nitrogens with zero attached hydrogens (tertiary/aromatic N) is 2. The number of fused-ring (bicyclic) bond motifs is 1. The van der Waals surface area contributed by atoms with Gasteiger partial charge in [-0.1, -0.05) is 12.1 Å². The number of Topliss-reactive ketones (excluding diaryl/α,β-unsaturated/α-hetero) is 1. The zero-order chi connectivity index (χ0) is 16.4. The summed E-state index contributed by atoms with van der Waals surface area (Å²) in [5, 5.41) is 0.878. The van der Waals surface area contributed by atoms with E-state index in [0.29, 0.717) is 17.2 Å². The molecule has 2 aromatic heterocycles. The van der Waals surface area contributed by atoms with Gasteiger partial charge in [0.05, 0.1) is 18.1 Å². The first-order valence-corrected chi connectivity index (χ1v) is 7.93. The second-order valence-electron chi connectivity index (χ2n) is 5.05. The van der Waals surface area contributed by atoms with Crippen LogP contribution in [0.15, 0.2) is 30.6 Å². The number of para-hydroxylation sites is 1. The molecule has 0 saturated carbocycles. The van der Waals surface area contributed by atoms with Crippen LogP contribution in [0.3, 0.4) is 0 Å². The van der Waals surface area contributed by atoms with Gasteiger partial charge in [-0.05, 0) is 31.5 Å². The van der Waals surface area contributed by atoms with E-state index in [1.165, 1.54) is 11.2 Å². The average Bonchev–Trinajstić information content (AvgIpc) is 2.87. The van der Waals surface area contributed by atoms with Crippen LogP contribution in [0, 0.1) is 13.8 Å². The molecule has 0 radical (unpaired) electrons. The molecule has 0 spiro atoms. The summed E-state index contributed by atoms with van der Waals surface area (Å²) in [7, 11) is 1.54. The Kier molecular flexibility index (Phi) is 4.25. The molecule has 0 N–H and O–H groups in total. The van der Waals surface area contributed by atoms with Crippen molar-refractivity contribution in [2.75, 3.05) is 13.7 Å². The Morgan fingerprint density at radius 3 is 2.78 bits per heavy atom. The first-order chi connectivity index (χ1) is 11.1. The summed E-state index contributed by atoms with van der Waals surface area (Å²) in [4.78, 5) is 22.9. The van der Waals surface area contributed by atoms with Crippen molar-refractivity contribution in [2.45, 2.75) is 13.8 Å². The summed E-state index contributed by atoms with van der Waals surface area (Å²) in [5.74, 6) is 0.829. The fourth-order valence-electron chi connectivity index (χ4n) is 2.35. The molecule has 0 bridgehead atoms. The molecule has 0 aliphatic rings. The lowest BCUT2D eigenvalue weighted by molar-refractivity contribution is 0.0916. The van der Waals surface area contributed by atoms with Crippen molar-refractivity contribution >= 4 is 27.3 Å². The average molecular weight is 328 g/mol. The summed E-state index contributed by atoms with van der Waals surface area (Å²) in [6.07, 6.45) is 1.46. The second-order valence-corrected chi connectivity index (χ2v) is 6.26. The Balaban J connectivity index is 1.85. The van der Waals surface area contributed by atoms with Crippen molar-refractivity contribution in [1.82, 2.24) is 9.97 Å². The van der Waals surface area contributed by atoms with Crippen molar-refractivity contribution in [1.29, 1.82) is 0 Å². The molecule has 3 aromatic rings. The van der Waals surface area contributed by atoms with E-state index in [0.717, 1.165) is 15.8 Å². The van der Waals surface area contributed by atoms with Crippen molar-refractivity contribution in [2.24, 2.45) is 0 Å². The number of benzene rings is 1. The molecule has 118 valence electrons. The van der Waals surface area contributed by atoms with E-state index in [2.05, 4.69) is 9.97 Å². The Morgan fingerprint density at radius 1 is 1.22 bits per heavy atom. The van der Waals surface area contributed by atoms with Gasteiger partial charge in [0.2, 0.25) is 11.7 Å². The van der Waals surface area contributed by atoms with Gasteiger partial charge in [0.15, 0.2) is 6.61 Å². The third-order valence-electron chi connectivity index (χ3n) is 3.68. The number of thiophene rings is 1. The lowest BCUT2D eigenvalue weighted by atomic mass is 10.1. The van der Waals surface area contributed by atoms with Crippen LogP contribution in [0.4, 0.5) is 0 Å². The standard InChI is InChI=1S/C17H16N2O3S/c1-10-11(2)23-17-15(10)16(18-9-19-17)22-8-13(20)12-6-4-5-7-14(12)21-3/h4-7,9H,8H2,1-3H3. The normalized spacial score (nSPS) is 10.7. The molecular formula is C17H16N2O3S. The number of rotatable bonds is 5. The molecule has 1 aromatic carbocycles. The van der Waals surface area contributed by atoms with Crippen molar-refractivity contribution in [3.8, 4) is 11.6 Å². The highest BCUT2D eigenvalue weighted by atomic mass is 32.1. The van der Waals surface area contributed by atoms with Crippen LogP contribution in [-0.4, -0.2) is 29.5 Å². The molecular weight excluding hydrogens is 312 g/mol. The predicted octanol–water partition coefficient (Wildman–Crippen LogP) is 3.58. The summed E-state index contributed by atoms with van der Waals surface area (Å²) < 4.78 is 10.9. The van der Waals surface area contributed by atoms with Crippen LogP contribution < -0.4 is 9.47 Å². The molecule has 0 amide bonds. The van der Waals surface area contributed by atoms with E-state index in [-0.39, 0.29) is 12.4 Å².